The van der Waals surface area contributed by atoms with Gasteiger partial charge in [0, 0.05) is 6.92 Å². The molecule has 0 saturated carbocycles. The molecule has 0 fully saturated rings. The highest BCUT2D eigenvalue weighted by Crippen LogP contribution is 2.55. The van der Waals surface area contributed by atoms with Gasteiger partial charge in [-0.25, -0.2) is 0 Å². The molecule has 0 aliphatic heterocycles. The Bertz CT molecular complexity index is 1110. The number of rotatable bonds is 18. The molecule has 1 aromatic rings. The molecule has 2 N–H and O–H groups in total. The normalized spacial score (nSPS) is 13.4. The SMILES string of the molecule is CCO[P+](=O)C(C)=NC(=NC(=N)P=O)OCCOc1nc(P(=O)(OCC)OCC)nc([P+](O)(OCC)OCC)n1. The van der Waals surface area contributed by atoms with Crippen molar-refractivity contribution < 1.29 is 50.7 Å². The van der Waals surface area contributed by atoms with Crippen LogP contribution in [0.5, 0.6) is 6.01 Å². The topological polar surface area (TPSA) is 223 Å². The molecular weight excluding hydrogens is 612 g/mol. The van der Waals surface area contributed by atoms with Crippen molar-refractivity contribution in [3.05, 3.63) is 0 Å². The lowest BCUT2D eigenvalue weighted by atomic mass is 10.7. The van der Waals surface area contributed by atoms with Gasteiger partial charge in [-0.15, -0.1) is 9.51 Å². The fraction of sp³-hybridized carbons (Fsp3) is 0.684. The molecule has 40 heavy (non-hydrogen) atoms. The Hall–Kier alpha value is -1.76. The van der Waals surface area contributed by atoms with Gasteiger partial charge in [0.1, 0.15) is 19.8 Å². The lowest BCUT2D eigenvalue weighted by molar-refractivity contribution is 0.192. The molecule has 0 aliphatic rings. The number of amidine groups is 2. The lowest BCUT2D eigenvalue weighted by Crippen LogP contribution is -2.32. The first-order valence-corrected chi connectivity index (χ1v) is 17.1. The summed E-state index contributed by atoms with van der Waals surface area (Å²) in [5.74, 6) is 0. The van der Waals surface area contributed by atoms with Gasteiger partial charge in [0.15, 0.2) is 0 Å². The van der Waals surface area contributed by atoms with E-state index in [1.807, 2.05) is 0 Å². The standard InChI is InChI=1S/C19H34N6O11P4/c1-7-32-38(27)14(6)21-16(22-15(20)37-26)30-12-13-31-17-23-18(39(28,33-8-2)34-9-3)25-19(24-17)40(29,35-10-4)36-11-5/h20,28H,7-13H2,1-6H3/q+2. The van der Waals surface area contributed by atoms with Crippen molar-refractivity contribution in [2.45, 2.75) is 41.5 Å². The second-order valence-electron chi connectivity index (χ2n) is 6.75. The van der Waals surface area contributed by atoms with Crippen LogP contribution in [0.2, 0.25) is 0 Å². The van der Waals surface area contributed by atoms with E-state index >= 15 is 0 Å². The summed E-state index contributed by atoms with van der Waals surface area (Å²) in [7, 11) is -10.8. The quantitative estimate of drug-likeness (QED) is 0.101. The largest absolute Gasteiger partial charge is 0.564 e. The molecule has 0 aliphatic carbocycles. The first-order valence-electron chi connectivity index (χ1n) is 12.0. The number of hydrogen-bond donors (Lipinski definition) is 2. The zero-order valence-electron chi connectivity index (χ0n) is 23.0. The Labute approximate surface area is 235 Å². The van der Waals surface area contributed by atoms with E-state index in [0.29, 0.717) is 0 Å². The molecule has 0 bridgehead atoms. The van der Waals surface area contributed by atoms with E-state index in [0.717, 1.165) is 0 Å². The lowest BCUT2D eigenvalue weighted by Gasteiger charge is -2.18. The highest BCUT2D eigenvalue weighted by molar-refractivity contribution is 7.68. The highest BCUT2D eigenvalue weighted by Gasteiger charge is 2.50. The van der Waals surface area contributed by atoms with Crippen molar-refractivity contribution in [2.24, 2.45) is 9.98 Å². The van der Waals surface area contributed by atoms with Gasteiger partial charge in [0.25, 0.3) is 11.0 Å². The predicted molar refractivity (Wildman–Crippen MR) is 149 cm³/mol. The van der Waals surface area contributed by atoms with Gasteiger partial charge in [0.2, 0.25) is 14.0 Å². The van der Waals surface area contributed by atoms with Gasteiger partial charge in [0.05, 0.1) is 26.4 Å². The maximum atomic E-state index is 13.4. The van der Waals surface area contributed by atoms with Crippen LogP contribution in [-0.2, 0) is 41.1 Å². The van der Waals surface area contributed by atoms with Crippen LogP contribution in [0, 0.1) is 5.41 Å². The summed E-state index contributed by atoms with van der Waals surface area (Å²) in [6.45, 7) is 9.31. The average molecular weight is 646 g/mol. The zero-order chi connectivity index (χ0) is 30.2. The minimum atomic E-state index is -4.05. The van der Waals surface area contributed by atoms with Crippen LogP contribution < -0.4 is 15.9 Å². The molecule has 1 heterocycles. The smallest absolute Gasteiger partial charge is 0.460 e. The summed E-state index contributed by atoms with van der Waals surface area (Å²) in [6.07, 6.45) is 0. The van der Waals surface area contributed by atoms with Gasteiger partial charge in [-0.2, -0.15) is 33.9 Å². The minimum absolute atomic E-state index is 0.00728. The molecular formula is C19H34N6O11P4+2. The van der Waals surface area contributed by atoms with E-state index in [4.69, 9.17) is 37.5 Å². The van der Waals surface area contributed by atoms with Gasteiger partial charge >= 0.3 is 41.2 Å². The number of aliphatic imine (C=N–C) groups is 2. The third kappa shape index (κ3) is 11.6. The van der Waals surface area contributed by atoms with Gasteiger partial charge in [-0.05, 0) is 39.2 Å². The Morgan fingerprint density at radius 2 is 1.62 bits per heavy atom. The molecule has 1 rings (SSSR count). The van der Waals surface area contributed by atoms with Crippen molar-refractivity contribution in [1.82, 2.24) is 15.0 Å². The minimum Gasteiger partial charge on any atom is -0.460 e. The summed E-state index contributed by atoms with van der Waals surface area (Å²) in [4.78, 5) is 30.8. The van der Waals surface area contributed by atoms with Crippen LogP contribution in [-0.4, -0.2) is 83.1 Å². The molecule has 21 heteroatoms. The molecule has 0 aromatic carbocycles. The number of hydrogen-bond acceptors (Lipinski definition) is 15. The van der Waals surface area contributed by atoms with Crippen molar-refractivity contribution in [3.8, 4) is 6.01 Å². The number of nitrogens with zero attached hydrogens (tertiary/aromatic N) is 5. The van der Waals surface area contributed by atoms with E-state index in [2.05, 4.69) is 24.9 Å². The second-order valence-corrected chi connectivity index (χ2v) is 12.6. The summed E-state index contributed by atoms with van der Waals surface area (Å²) in [5.41, 5.74) is -1.36. The molecule has 0 saturated heterocycles. The average Bonchev–Trinajstić information content (AvgIpc) is 2.91. The van der Waals surface area contributed by atoms with E-state index < -0.39 is 49.2 Å². The van der Waals surface area contributed by atoms with Gasteiger partial charge < -0.3 is 18.5 Å². The maximum absolute atomic E-state index is 13.4. The van der Waals surface area contributed by atoms with Crippen molar-refractivity contribution in [2.75, 3.05) is 46.2 Å². The summed E-state index contributed by atoms with van der Waals surface area (Å²) in [5, 5.41) is 7.50. The molecule has 17 nitrogen and oxygen atoms in total. The Kier molecular flexibility index (Phi) is 16.9. The maximum Gasteiger partial charge on any atom is 0.564 e. The van der Waals surface area contributed by atoms with Crippen molar-refractivity contribution in [3.63, 3.8) is 0 Å². The van der Waals surface area contributed by atoms with Crippen LogP contribution in [0.1, 0.15) is 41.5 Å². The molecule has 1 aromatic heterocycles. The van der Waals surface area contributed by atoms with E-state index in [1.165, 1.54) is 6.92 Å². The molecule has 224 valence electrons. The second kappa shape index (κ2) is 18.6. The van der Waals surface area contributed by atoms with Gasteiger partial charge in [-0.3, -0.25) is 14.5 Å². The summed E-state index contributed by atoms with van der Waals surface area (Å²) in [6, 6.07) is -0.802. The van der Waals surface area contributed by atoms with Crippen molar-refractivity contribution in [1.29, 1.82) is 5.41 Å². The van der Waals surface area contributed by atoms with Crippen LogP contribution in [0.4, 0.5) is 0 Å². The van der Waals surface area contributed by atoms with Gasteiger partial charge in [-0.1, -0.05) is 0 Å². The molecule has 0 radical (unpaired) electrons. The fourth-order valence-electron chi connectivity index (χ4n) is 2.50. The summed E-state index contributed by atoms with van der Waals surface area (Å²) >= 11 is 0. The molecule has 0 spiro atoms. The fourth-order valence-corrected chi connectivity index (χ4v) is 6.14. The van der Waals surface area contributed by atoms with E-state index in [9.17, 15) is 18.6 Å². The van der Waals surface area contributed by atoms with E-state index in [1.54, 1.807) is 34.6 Å². The van der Waals surface area contributed by atoms with Crippen LogP contribution >= 0.6 is 32.0 Å². The Balaban J connectivity index is 3.30. The molecule has 0 amide bonds. The zero-order valence-corrected chi connectivity index (χ0v) is 26.6. The summed E-state index contributed by atoms with van der Waals surface area (Å²) < 4.78 is 73.7. The number of nitrogens with one attached hydrogen (secondary N) is 1. The van der Waals surface area contributed by atoms with Crippen LogP contribution in [0.15, 0.2) is 9.98 Å². The first-order chi connectivity index (χ1) is 19.0. The first kappa shape index (κ1) is 36.3. The Morgan fingerprint density at radius 3 is 2.15 bits per heavy atom. The van der Waals surface area contributed by atoms with Crippen molar-refractivity contribution >= 4 is 60.2 Å². The third-order valence-electron chi connectivity index (χ3n) is 3.90. The third-order valence-corrected chi connectivity index (χ3v) is 9.10. The van der Waals surface area contributed by atoms with E-state index in [-0.39, 0.29) is 63.3 Å². The van der Waals surface area contributed by atoms with Crippen LogP contribution in [0.3, 0.4) is 0 Å². The number of ether oxygens (including phenoxy) is 2. The monoisotopic (exact) mass is 646 g/mol. The molecule has 1 atom stereocenters. The number of aromatic nitrogens is 3. The highest BCUT2D eigenvalue weighted by atomic mass is 31.2. The van der Waals surface area contributed by atoms with Crippen LogP contribution in [0.25, 0.3) is 0 Å². The Morgan fingerprint density at radius 1 is 1.00 bits per heavy atom. The molecule has 1 unspecified atom stereocenters. The predicted octanol–water partition coefficient (Wildman–Crippen LogP) is 3.39.